The molecule has 5 rings (SSSR count). The van der Waals surface area contributed by atoms with Crippen LogP contribution < -0.4 is 9.80 Å². The Balaban J connectivity index is 1.30. The molecule has 0 radical (unpaired) electrons. The van der Waals surface area contributed by atoms with Gasteiger partial charge in [-0.1, -0.05) is 0 Å². The number of rotatable bonds is 2. The normalized spacial score (nSPS) is 24.0. The van der Waals surface area contributed by atoms with Crippen LogP contribution in [-0.2, 0) is 19.0 Å². The van der Waals surface area contributed by atoms with E-state index in [4.69, 9.17) is 4.98 Å². The lowest BCUT2D eigenvalue weighted by atomic mass is 10.0. The van der Waals surface area contributed by atoms with E-state index < -0.39 is 11.9 Å². The summed E-state index contributed by atoms with van der Waals surface area (Å²) in [6.07, 6.45) is -1.23. The number of aromatic nitrogens is 4. The van der Waals surface area contributed by atoms with E-state index in [1.54, 1.807) is 0 Å². The zero-order valence-corrected chi connectivity index (χ0v) is 15.6. The maximum atomic E-state index is 12.7. The summed E-state index contributed by atoms with van der Waals surface area (Å²) in [6.45, 7) is 5.35. The molecule has 0 saturated carbocycles. The minimum absolute atomic E-state index is 0.455. The number of anilines is 2. The van der Waals surface area contributed by atoms with Crippen molar-refractivity contribution in [2.24, 2.45) is 11.8 Å². The summed E-state index contributed by atoms with van der Waals surface area (Å²) >= 11 is 0. The quantitative estimate of drug-likeness (QED) is 0.786. The second-order valence-corrected chi connectivity index (χ2v) is 7.98. The maximum Gasteiger partial charge on any atom is 0.435 e. The molecule has 2 aromatic heterocycles. The van der Waals surface area contributed by atoms with Gasteiger partial charge in [0.2, 0.25) is 0 Å². The zero-order valence-electron chi connectivity index (χ0n) is 15.6. The molecule has 28 heavy (non-hydrogen) atoms. The van der Waals surface area contributed by atoms with Gasteiger partial charge in [-0.05, 0) is 38.3 Å². The summed E-state index contributed by atoms with van der Waals surface area (Å²) in [5, 5.41) is 7.17. The maximum absolute atomic E-state index is 12.7. The first kappa shape index (κ1) is 17.6. The fraction of sp³-hybridized carbons (Fsp3) is 0.579. The molecule has 9 heteroatoms. The van der Waals surface area contributed by atoms with Gasteiger partial charge >= 0.3 is 6.18 Å². The van der Waals surface area contributed by atoms with E-state index in [1.165, 1.54) is 17.3 Å². The third-order valence-corrected chi connectivity index (χ3v) is 6.07. The number of fused-ring (bicyclic) bond motifs is 2. The highest BCUT2D eigenvalue weighted by atomic mass is 19.4. The number of nitrogens with zero attached hydrogens (tertiary/aromatic N) is 6. The number of hydrogen-bond acceptors (Lipinski definition) is 6. The zero-order chi connectivity index (χ0) is 19.5. The smallest absolute Gasteiger partial charge is 0.356 e. The number of aryl methyl sites for hydroxylation is 2. The summed E-state index contributed by atoms with van der Waals surface area (Å²) < 4.78 is 38.0. The SMILES string of the molecule is Cc1nc2c(c(N3CC4CN(c5ccc(C(F)(F)F)nn5)CC4C3)n1)CCC2. The van der Waals surface area contributed by atoms with Gasteiger partial charge in [-0.15, -0.1) is 10.2 Å². The summed E-state index contributed by atoms with van der Waals surface area (Å²) in [4.78, 5) is 13.8. The van der Waals surface area contributed by atoms with Crippen molar-refractivity contribution in [2.45, 2.75) is 32.4 Å². The second kappa shape index (κ2) is 6.28. The molecule has 0 bridgehead atoms. The highest BCUT2D eigenvalue weighted by molar-refractivity contribution is 5.53. The summed E-state index contributed by atoms with van der Waals surface area (Å²) in [7, 11) is 0. The monoisotopic (exact) mass is 390 g/mol. The molecule has 0 spiro atoms. The highest BCUT2D eigenvalue weighted by Gasteiger charge is 2.42. The molecule has 2 fully saturated rings. The fourth-order valence-electron chi connectivity index (χ4n) is 4.79. The van der Waals surface area contributed by atoms with Crippen molar-refractivity contribution in [3.05, 3.63) is 34.9 Å². The Hall–Kier alpha value is -2.45. The fourth-order valence-corrected chi connectivity index (χ4v) is 4.79. The first-order valence-corrected chi connectivity index (χ1v) is 9.65. The second-order valence-electron chi connectivity index (χ2n) is 7.98. The lowest BCUT2D eigenvalue weighted by molar-refractivity contribution is -0.141. The van der Waals surface area contributed by atoms with E-state index in [0.29, 0.717) is 17.7 Å². The van der Waals surface area contributed by atoms with Crippen LogP contribution in [0.4, 0.5) is 24.8 Å². The van der Waals surface area contributed by atoms with Crippen molar-refractivity contribution in [3.8, 4) is 0 Å². The van der Waals surface area contributed by atoms with Crippen LogP contribution in [0.1, 0.15) is 29.2 Å². The minimum atomic E-state index is -4.45. The minimum Gasteiger partial charge on any atom is -0.356 e. The van der Waals surface area contributed by atoms with Gasteiger partial charge in [0.1, 0.15) is 11.6 Å². The third kappa shape index (κ3) is 2.97. The van der Waals surface area contributed by atoms with Gasteiger partial charge in [-0.25, -0.2) is 9.97 Å². The van der Waals surface area contributed by atoms with Gasteiger partial charge in [0.15, 0.2) is 11.5 Å². The van der Waals surface area contributed by atoms with Crippen LogP contribution in [0.25, 0.3) is 0 Å². The van der Waals surface area contributed by atoms with E-state index in [0.717, 1.165) is 63.2 Å². The van der Waals surface area contributed by atoms with Crippen LogP contribution in [-0.4, -0.2) is 46.3 Å². The first-order valence-electron chi connectivity index (χ1n) is 9.65. The Bertz CT molecular complexity index is 884. The molecular formula is C19H21F3N6. The molecule has 0 amide bonds. The third-order valence-electron chi connectivity index (χ3n) is 6.07. The van der Waals surface area contributed by atoms with Crippen LogP contribution in [0.15, 0.2) is 12.1 Å². The van der Waals surface area contributed by atoms with Crippen LogP contribution in [0.2, 0.25) is 0 Å². The van der Waals surface area contributed by atoms with Gasteiger partial charge in [0.25, 0.3) is 0 Å². The van der Waals surface area contributed by atoms with E-state index >= 15 is 0 Å². The summed E-state index contributed by atoms with van der Waals surface area (Å²) in [6, 6.07) is 2.44. The standard InChI is InChI=1S/C19H21F3N6/c1-11-23-15-4-2-3-14(15)18(24-11)28-9-12-7-27(8-13(12)10-28)17-6-5-16(25-26-17)19(20,21)22/h5-6,12-13H,2-4,7-10H2,1H3. The van der Waals surface area contributed by atoms with E-state index in [1.807, 2.05) is 6.92 Å². The summed E-state index contributed by atoms with van der Waals surface area (Å²) in [5.74, 6) is 3.35. The number of hydrogen-bond donors (Lipinski definition) is 0. The molecular weight excluding hydrogens is 369 g/mol. The lowest BCUT2D eigenvalue weighted by Crippen LogP contribution is -2.30. The number of halogens is 3. The molecule has 3 aliphatic rings. The van der Waals surface area contributed by atoms with E-state index in [-0.39, 0.29) is 0 Å². The molecule has 4 heterocycles. The van der Waals surface area contributed by atoms with Crippen molar-refractivity contribution in [3.63, 3.8) is 0 Å². The molecule has 2 aromatic rings. The molecule has 0 N–H and O–H groups in total. The Morgan fingerprint density at radius 3 is 2.29 bits per heavy atom. The predicted molar refractivity (Wildman–Crippen MR) is 97.2 cm³/mol. The lowest BCUT2D eigenvalue weighted by Gasteiger charge is -2.24. The Morgan fingerprint density at radius 1 is 0.929 bits per heavy atom. The molecule has 2 unspecified atom stereocenters. The van der Waals surface area contributed by atoms with Gasteiger partial charge in [0.05, 0.1) is 0 Å². The first-order chi connectivity index (χ1) is 13.4. The topological polar surface area (TPSA) is 58.0 Å². The molecule has 0 aromatic carbocycles. The Morgan fingerprint density at radius 2 is 1.64 bits per heavy atom. The molecule has 6 nitrogen and oxygen atoms in total. The van der Waals surface area contributed by atoms with Crippen molar-refractivity contribution in [2.75, 3.05) is 36.0 Å². The van der Waals surface area contributed by atoms with Crippen molar-refractivity contribution >= 4 is 11.6 Å². The molecule has 2 saturated heterocycles. The van der Waals surface area contributed by atoms with Crippen molar-refractivity contribution in [1.82, 2.24) is 20.2 Å². The molecule has 1 aliphatic carbocycles. The van der Waals surface area contributed by atoms with Crippen LogP contribution in [0.5, 0.6) is 0 Å². The van der Waals surface area contributed by atoms with Crippen molar-refractivity contribution in [1.29, 1.82) is 0 Å². The van der Waals surface area contributed by atoms with E-state index in [2.05, 4.69) is 25.0 Å². The number of alkyl halides is 3. The average Bonchev–Trinajstić information content (AvgIpc) is 3.34. The van der Waals surface area contributed by atoms with E-state index in [9.17, 15) is 13.2 Å². The van der Waals surface area contributed by atoms with Gasteiger partial charge < -0.3 is 9.80 Å². The average molecular weight is 390 g/mol. The van der Waals surface area contributed by atoms with Crippen LogP contribution in [0.3, 0.4) is 0 Å². The van der Waals surface area contributed by atoms with Crippen LogP contribution >= 0.6 is 0 Å². The van der Waals surface area contributed by atoms with Gasteiger partial charge in [0, 0.05) is 49.3 Å². The van der Waals surface area contributed by atoms with Crippen molar-refractivity contribution < 1.29 is 13.2 Å². The van der Waals surface area contributed by atoms with Gasteiger partial charge in [-0.3, -0.25) is 0 Å². The summed E-state index contributed by atoms with van der Waals surface area (Å²) in [5.41, 5.74) is 1.55. The Labute approximate surface area is 160 Å². The predicted octanol–water partition coefficient (Wildman–Crippen LogP) is 2.66. The van der Waals surface area contributed by atoms with Crippen LogP contribution in [0, 0.1) is 18.8 Å². The molecule has 2 aliphatic heterocycles. The molecule has 148 valence electrons. The highest BCUT2D eigenvalue weighted by Crippen LogP contribution is 2.38. The molecule has 2 atom stereocenters. The Kier molecular flexibility index (Phi) is 3.96. The van der Waals surface area contributed by atoms with Gasteiger partial charge in [-0.2, -0.15) is 13.2 Å². The largest absolute Gasteiger partial charge is 0.435 e.